The van der Waals surface area contributed by atoms with E-state index in [-0.39, 0.29) is 29.2 Å². The Morgan fingerprint density at radius 1 is 1.12 bits per heavy atom. The summed E-state index contributed by atoms with van der Waals surface area (Å²) in [7, 11) is -3.09. The van der Waals surface area contributed by atoms with Gasteiger partial charge in [0.25, 0.3) is 0 Å². The molecule has 0 bridgehead atoms. The summed E-state index contributed by atoms with van der Waals surface area (Å²) in [6.07, 6.45) is 3.86. The lowest BCUT2D eigenvalue weighted by Gasteiger charge is -2.28. The van der Waals surface area contributed by atoms with E-state index >= 15 is 0 Å². The highest BCUT2D eigenvalue weighted by atomic mass is 32.2. The fourth-order valence-electron chi connectivity index (χ4n) is 4.33. The molecule has 0 unspecified atom stereocenters. The number of fused-ring (bicyclic) bond motifs is 1. The largest absolute Gasteiger partial charge is 0.334 e. The fraction of sp³-hybridized carbons (Fsp3) is 0.440. The molecule has 33 heavy (non-hydrogen) atoms. The summed E-state index contributed by atoms with van der Waals surface area (Å²) >= 11 is 1.45. The molecule has 1 aliphatic rings. The summed E-state index contributed by atoms with van der Waals surface area (Å²) in [6, 6.07) is 17.6. The van der Waals surface area contributed by atoms with Crippen molar-refractivity contribution >= 4 is 38.5 Å². The van der Waals surface area contributed by atoms with Crippen LogP contribution < -0.4 is 0 Å². The first-order valence-electron chi connectivity index (χ1n) is 11.6. The standard InChI is InChI=1S/C25H31N3O3S2/c1-2-3-9-15-27-23-13-8-7-12-22(23)26-25(27)32-18-24(29)28(17-20-10-5-4-6-11-20)21-14-16-33(30,31)19-21/h4-8,10-13,21H,2-3,9,14-19H2,1H3/t21-/m1/s1. The van der Waals surface area contributed by atoms with Crippen LogP contribution in [0.4, 0.5) is 0 Å². The van der Waals surface area contributed by atoms with Crippen LogP contribution in [0.1, 0.15) is 38.2 Å². The number of sulfone groups is 1. The Labute approximate surface area is 200 Å². The molecule has 6 nitrogen and oxygen atoms in total. The summed E-state index contributed by atoms with van der Waals surface area (Å²) in [5.41, 5.74) is 3.03. The Morgan fingerprint density at radius 3 is 2.61 bits per heavy atom. The van der Waals surface area contributed by atoms with E-state index in [0.29, 0.717) is 13.0 Å². The molecular formula is C25H31N3O3S2. The number of rotatable bonds is 10. The monoisotopic (exact) mass is 485 g/mol. The number of benzene rings is 2. The van der Waals surface area contributed by atoms with E-state index in [1.807, 2.05) is 48.5 Å². The minimum Gasteiger partial charge on any atom is -0.334 e. The Kier molecular flexibility index (Phi) is 7.75. The van der Waals surface area contributed by atoms with Gasteiger partial charge in [0.1, 0.15) is 0 Å². The number of hydrogen-bond donors (Lipinski definition) is 0. The first kappa shape index (κ1) is 23.8. The molecule has 0 aliphatic carbocycles. The van der Waals surface area contributed by atoms with Crippen molar-refractivity contribution in [3.05, 3.63) is 60.2 Å². The molecule has 8 heteroatoms. The SMILES string of the molecule is CCCCCn1c(SCC(=O)N(Cc2ccccc2)[C@@H]2CCS(=O)(=O)C2)nc2ccccc21. The third kappa shape index (κ3) is 5.98. The lowest BCUT2D eigenvalue weighted by Crippen LogP contribution is -2.41. The van der Waals surface area contributed by atoms with Crippen LogP contribution in [0, 0.1) is 0 Å². The lowest BCUT2D eigenvalue weighted by molar-refractivity contribution is -0.130. The molecule has 2 aromatic carbocycles. The van der Waals surface area contributed by atoms with Gasteiger partial charge in [-0.1, -0.05) is 74.0 Å². The second kappa shape index (κ2) is 10.7. The number of carbonyl (C=O) groups excluding carboxylic acids is 1. The highest BCUT2D eigenvalue weighted by Gasteiger charge is 2.34. The molecule has 1 fully saturated rings. The van der Waals surface area contributed by atoms with E-state index in [1.165, 1.54) is 11.8 Å². The topological polar surface area (TPSA) is 72.3 Å². The summed E-state index contributed by atoms with van der Waals surface area (Å²) in [5.74, 6) is 0.390. The van der Waals surface area contributed by atoms with Crippen LogP contribution in [0.5, 0.6) is 0 Å². The lowest BCUT2D eigenvalue weighted by atomic mass is 10.1. The van der Waals surface area contributed by atoms with Gasteiger partial charge in [-0.3, -0.25) is 4.79 Å². The molecular weight excluding hydrogens is 454 g/mol. The van der Waals surface area contributed by atoms with Gasteiger partial charge in [0.05, 0.1) is 28.3 Å². The Hall–Kier alpha value is -2.32. The van der Waals surface area contributed by atoms with Gasteiger partial charge in [0, 0.05) is 19.1 Å². The molecule has 0 radical (unpaired) electrons. The summed E-state index contributed by atoms with van der Waals surface area (Å²) in [5, 5.41) is 0.847. The first-order chi connectivity index (χ1) is 16.0. The summed E-state index contributed by atoms with van der Waals surface area (Å²) in [4.78, 5) is 19.9. The molecule has 1 saturated heterocycles. The van der Waals surface area contributed by atoms with Crippen LogP contribution in [0.2, 0.25) is 0 Å². The predicted molar refractivity (Wildman–Crippen MR) is 134 cm³/mol. The molecule has 0 spiro atoms. The van der Waals surface area contributed by atoms with E-state index in [0.717, 1.165) is 47.6 Å². The quantitative estimate of drug-likeness (QED) is 0.312. The van der Waals surface area contributed by atoms with Crippen LogP contribution in [-0.4, -0.2) is 52.1 Å². The molecule has 3 aromatic rings. The van der Waals surface area contributed by atoms with E-state index < -0.39 is 9.84 Å². The zero-order valence-electron chi connectivity index (χ0n) is 19.0. The van der Waals surface area contributed by atoms with E-state index in [2.05, 4.69) is 17.6 Å². The number of imidazole rings is 1. The van der Waals surface area contributed by atoms with Crippen molar-refractivity contribution in [2.75, 3.05) is 17.3 Å². The smallest absolute Gasteiger partial charge is 0.233 e. The molecule has 2 heterocycles. The molecule has 1 aromatic heterocycles. The van der Waals surface area contributed by atoms with Crippen LogP contribution in [0.3, 0.4) is 0 Å². The molecule has 1 atom stereocenters. The van der Waals surface area contributed by atoms with E-state index in [4.69, 9.17) is 4.98 Å². The number of thioether (sulfide) groups is 1. The van der Waals surface area contributed by atoms with Gasteiger partial charge in [0.2, 0.25) is 5.91 Å². The Morgan fingerprint density at radius 2 is 1.88 bits per heavy atom. The average Bonchev–Trinajstić information content (AvgIpc) is 3.36. The van der Waals surface area contributed by atoms with Gasteiger partial charge in [-0.15, -0.1) is 0 Å². The number of hydrogen-bond acceptors (Lipinski definition) is 5. The van der Waals surface area contributed by atoms with Gasteiger partial charge < -0.3 is 9.47 Å². The first-order valence-corrected chi connectivity index (χ1v) is 14.4. The number of aromatic nitrogens is 2. The van der Waals surface area contributed by atoms with Crippen molar-refractivity contribution in [1.29, 1.82) is 0 Å². The van der Waals surface area contributed by atoms with Crippen LogP contribution in [0.25, 0.3) is 11.0 Å². The van der Waals surface area contributed by atoms with Gasteiger partial charge in [0.15, 0.2) is 15.0 Å². The van der Waals surface area contributed by atoms with Crippen molar-refractivity contribution in [3.8, 4) is 0 Å². The molecule has 1 amide bonds. The van der Waals surface area contributed by atoms with Gasteiger partial charge in [-0.05, 0) is 30.5 Å². The molecule has 4 rings (SSSR count). The number of nitrogens with zero attached hydrogens (tertiary/aromatic N) is 3. The maximum Gasteiger partial charge on any atom is 0.233 e. The minimum atomic E-state index is -3.09. The van der Waals surface area contributed by atoms with E-state index in [9.17, 15) is 13.2 Å². The Bertz CT molecular complexity index is 1190. The average molecular weight is 486 g/mol. The zero-order valence-corrected chi connectivity index (χ0v) is 20.7. The Balaban J connectivity index is 1.52. The number of para-hydroxylation sites is 2. The maximum atomic E-state index is 13.4. The molecule has 0 saturated carbocycles. The normalized spacial score (nSPS) is 17.4. The van der Waals surface area contributed by atoms with Crippen LogP contribution in [0.15, 0.2) is 59.8 Å². The number of amides is 1. The van der Waals surface area contributed by atoms with Gasteiger partial charge >= 0.3 is 0 Å². The van der Waals surface area contributed by atoms with Crippen molar-refractivity contribution in [2.45, 2.75) is 56.9 Å². The van der Waals surface area contributed by atoms with Crippen LogP contribution in [-0.2, 0) is 27.7 Å². The molecule has 1 aliphatic heterocycles. The summed E-state index contributed by atoms with van der Waals surface area (Å²) < 4.78 is 26.4. The second-order valence-corrected chi connectivity index (χ2v) is 11.8. The highest BCUT2D eigenvalue weighted by Crippen LogP contribution is 2.27. The minimum absolute atomic E-state index is 0.0434. The predicted octanol–water partition coefficient (Wildman–Crippen LogP) is 4.53. The zero-order chi connectivity index (χ0) is 23.3. The number of carbonyl (C=O) groups is 1. The molecule has 176 valence electrons. The van der Waals surface area contributed by atoms with E-state index in [1.54, 1.807) is 4.90 Å². The fourth-order valence-corrected chi connectivity index (χ4v) is 6.99. The van der Waals surface area contributed by atoms with Crippen LogP contribution >= 0.6 is 11.8 Å². The van der Waals surface area contributed by atoms with Crippen molar-refractivity contribution in [1.82, 2.24) is 14.5 Å². The maximum absolute atomic E-state index is 13.4. The summed E-state index contributed by atoms with van der Waals surface area (Å²) in [6.45, 7) is 3.48. The highest BCUT2D eigenvalue weighted by molar-refractivity contribution is 7.99. The second-order valence-electron chi connectivity index (χ2n) is 8.59. The molecule has 0 N–H and O–H groups in total. The number of aryl methyl sites for hydroxylation is 1. The third-order valence-electron chi connectivity index (χ3n) is 6.09. The number of unbranched alkanes of at least 4 members (excludes halogenated alkanes) is 2. The van der Waals surface area contributed by atoms with Gasteiger partial charge in [-0.25, -0.2) is 13.4 Å². The third-order valence-corrected chi connectivity index (χ3v) is 8.81. The van der Waals surface area contributed by atoms with Crippen molar-refractivity contribution < 1.29 is 13.2 Å². The van der Waals surface area contributed by atoms with Crippen molar-refractivity contribution in [3.63, 3.8) is 0 Å². The van der Waals surface area contributed by atoms with Gasteiger partial charge in [-0.2, -0.15) is 0 Å². The van der Waals surface area contributed by atoms with Crippen molar-refractivity contribution in [2.24, 2.45) is 0 Å².